The first-order valence-electron chi connectivity index (χ1n) is 8.02. The molecule has 1 N–H and O–H groups in total. The Morgan fingerprint density at radius 1 is 1.17 bits per heavy atom. The highest BCUT2D eigenvalue weighted by Crippen LogP contribution is 2.27. The van der Waals surface area contributed by atoms with Crippen molar-refractivity contribution >= 4 is 29.1 Å². The van der Waals surface area contributed by atoms with Crippen molar-refractivity contribution < 1.29 is 9.59 Å². The molecule has 1 aliphatic rings. The van der Waals surface area contributed by atoms with Gasteiger partial charge in [0.25, 0.3) is 5.91 Å². The van der Waals surface area contributed by atoms with Crippen molar-refractivity contribution in [1.82, 2.24) is 5.32 Å². The molecule has 0 saturated heterocycles. The fraction of sp³-hybridized carbons (Fsp3) is 0.263. The molecule has 0 bridgehead atoms. The van der Waals surface area contributed by atoms with Crippen LogP contribution in [-0.2, 0) is 11.2 Å². The smallest absolute Gasteiger partial charge is 0.251 e. The lowest BCUT2D eigenvalue weighted by molar-refractivity contribution is -0.120. The standard InChI is InChI=1S/C19H19ClN2O2/c1-13(21-18(23)15-7-4-9-16(20)12-15)19(24)22-11-5-8-14-6-2-3-10-17(14)22/h2-4,6-7,9-10,12-13H,5,8,11H2,1H3,(H,21,23)/t13-/m1/s1. The van der Waals surface area contributed by atoms with E-state index in [-0.39, 0.29) is 11.8 Å². The lowest BCUT2D eigenvalue weighted by atomic mass is 10.0. The fourth-order valence-corrected chi connectivity index (χ4v) is 3.16. The Morgan fingerprint density at radius 3 is 2.75 bits per heavy atom. The molecule has 2 amide bonds. The maximum Gasteiger partial charge on any atom is 0.251 e. The molecule has 1 aliphatic heterocycles. The summed E-state index contributed by atoms with van der Waals surface area (Å²) in [5.41, 5.74) is 2.56. The van der Waals surface area contributed by atoms with E-state index in [0.29, 0.717) is 17.1 Å². The van der Waals surface area contributed by atoms with Crippen molar-refractivity contribution in [3.8, 4) is 0 Å². The van der Waals surface area contributed by atoms with Crippen molar-refractivity contribution in [3.63, 3.8) is 0 Å². The van der Waals surface area contributed by atoms with E-state index in [2.05, 4.69) is 5.32 Å². The summed E-state index contributed by atoms with van der Waals surface area (Å²) >= 11 is 5.91. The number of rotatable bonds is 3. The third-order valence-corrected chi connectivity index (χ3v) is 4.42. The van der Waals surface area contributed by atoms with Gasteiger partial charge < -0.3 is 10.2 Å². The second-order valence-corrected chi connectivity index (χ2v) is 6.36. The molecule has 24 heavy (non-hydrogen) atoms. The van der Waals surface area contributed by atoms with Crippen LogP contribution in [-0.4, -0.2) is 24.4 Å². The summed E-state index contributed by atoms with van der Waals surface area (Å²) in [6, 6.07) is 14.0. The number of amides is 2. The zero-order valence-corrected chi connectivity index (χ0v) is 14.2. The summed E-state index contributed by atoms with van der Waals surface area (Å²) in [5, 5.41) is 3.25. The van der Waals surface area contributed by atoms with E-state index in [1.807, 2.05) is 24.3 Å². The van der Waals surface area contributed by atoms with Crippen LogP contribution in [0.5, 0.6) is 0 Å². The molecule has 0 fully saturated rings. The first-order chi connectivity index (χ1) is 11.6. The molecule has 2 aromatic carbocycles. The van der Waals surface area contributed by atoms with Gasteiger partial charge in [-0.05, 0) is 49.6 Å². The number of hydrogen-bond acceptors (Lipinski definition) is 2. The van der Waals surface area contributed by atoms with Crippen LogP contribution in [0.1, 0.15) is 29.3 Å². The number of para-hydroxylation sites is 1. The summed E-state index contributed by atoms with van der Waals surface area (Å²) in [5.74, 6) is -0.402. The molecule has 0 radical (unpaired) electrons. The third-order valence-electron chi connectivity index (χ3n) is 4.18. The number of anilines is 1. The second-order valence-electron chi connectivity index (χ2n) is 5.93. The predicted molar refractivity (Wildman–Crippen MR) is 95.5 cm³/mol. The number of carbonyl (C=O) groups is 2. The van der Waals surface area contributed by atoms with Crippen molar-refractivity contribution in [2.24, 2.45) is 0 Å². The van der Waals surface area contributed by atoms with Gasteiger partial charge >= 0.3 is 0 Å². The van der Waals surface area contributed by atoms with Gasteiger partial charge in [0.05, 0.1) is 0 Å². The molecule has 5 heteroatoms. The number of nitrogens with zero attached hydrogens (tertiary/aromatic N) is 1. The average molecular weight is 343 g/mol. The van der Waals surface area contributed by atoms with Gasteiger partial charge in [-0.15, -0.1) is 0 Å². The molecule has 0 spiro atoms. The van der Waals surface area contributed by atoms with Gasteiger partial charge in [-0.2, -0.15) is 0 Å². The van der Waals surface area contributed by atoms with Crippen molar-refractivity contribution in [1.29, 1.82) is 0 Å². The molecular weight excluding hydrogens is 324 g/mol. The van der Waals surface area contributed by atoms with E-state index in [9.17, 15) is 9.59 Å². The third kappa shape index (κ3) is 3.44. The predicted octanol–water partition coefficient (Wildman–Crippen LogP) is 3.44. The van der Waals surface area contributed by atoms with Crippen LogP contribution in [0, 0.1) is 0 Å². The Labute approximate surface area is 146 Å². The minimum atomic E-state index is -0.609. The second kappa shape index (κ2) is 7.05. The normalized spacial score (nSPS) is 14.7. The summed E-state index contributed by atoms with van der Waals surface area (Å²) in [6.45, 7) is 2.38. The van der Waals surface area contributed by atoms with Crippen molar-refractivity contribution in [2.75, 3.05) is 11.4 Å². The van der Waals surface area contributed by atoms with Crippen LogP contribution < -0.4 is 10.2 Å². The topological polar surface area (TPSA) is 49.4 Å². The van der Waals surface area contributed by atoms with Gasteiger partial charge in [-0.3, -0.25) is 9.59 Å². The number of carbonyl (C=O) groups excluding carboxylic acids is 2. The monoisotopic (exact) mass is 342 g/mol. The largest absolute Gasteiger partial charge is 0.341 e. The number of fused-ring (bicyclic) bond motifs is 1. The van der Waals surface area contributed by atoms with Crippen molar-refractivity contribution in [3.05, 3.63) is 64.7 Å². The average Bonchev–Trinajstić information content (AvgIpc) is 2.60. The molecule has 2 aromatic rings. The molecule has 1 atom stereocenters. The van der Waals surface area contributed by atoms with E-state index in [0.717, 1.165) is 18.5 Å². The highest BCUT2D eigenvalue weighted by Gasteiger charge is 2.27. The van der Waals surface area contributed by atoms with Crippen LogP contribution >= 0.6 is 11.6 Å². The van der Waals surface area contributed by atoms with Crippen LogP contribution in [0.25, 0.3) is 0 Å². The van der Waals surface area contributed by atoms with E-state index in [4.69, 9.17) is 11.6 Å². The molecule has 0 aromatic heterocycles. The van der Waals surface area contributed by atoms with Gasteiger partial charge in [0, 0.05) is 22.8 Å². The van der Waals surface area contributed by atoms with Crippen molar-refractivity contribution in [2.45, 2.75) is 25.8 Å². The summed E-state index contributed by atoms with van der Waals surface area (Å²) in [4.78, 5) is 26.8. The zero-order valence-electron chi connectivity index (χ0n) is 13.5. The van der Waals surface area contributed by atoms with E-state index in [1.165, 1.54) is 5.56 Å². The number of benzene rings is 2. The molecule has 0 unspecified atom stereocenters. The van der Waals surface area contributed by atoms with Crippen LogP contribution in [0.3, 0.4) is 0 Å². The lowest BCUT2D eigenvalue weighted by Gasteiger charge is -2.31. The quantitative estimate of drug-likeness (QED) is 0.929. The fourth-order valence-electron chi connectivity index (χ4n) is 2.97. The molecule has 3 rings (SSSR count). The molecule has 4 nitrogen and oxygen atoms in total. The number of aryl methyl sites for hydroxylation is 1. The molecule has 0 saturated carbocycles. The maximum atomic E-state index is 12.8. The molecule has 0 aliphatic carbocycles. The van der Waals surface area contributed by atoms with Gasteiger partial charge in [0.1, 0.15) is 6.04 Å². The first kappa shape index (κ1) is 16.5. The van der Waals surface area contributed by atoms with Gasteiger partial charge in [0.15, 0.2) is 0 Å². The summed E-state index contributed by atoms with van der Waals surface area (Å²) in [7, 11) is 0. The number of nitrogens with one attached hydrogen (secondary N) is 1. The SMILES string of the molecule is C[C@@H](NC(=O)c1cccc(Cl)c1)C(=O)N1CCCc2ccccc21. The minimum absolute atomic E-state index is 0.0995. The Kier molecular flexibility index (Phi) is 4.86. The van der Waals surface area contributed by atoms with Gasteiger partial charge in [0.2, 0.25) is 5.91 Å². The Balaban J connectivity index is 1.73. The van der Waals surface area contributed by atoms with E-state index < -0.39 is 6.04 Å². The first-order valence-corrected chi connectivity index (χ1v) is 8.40. The number of halogens is 1. The van der Waals surface area contributed by atoms with Crippen LogP contribution in [0.2, 0.25) is 5.02 Å². The lowest BCUT2D eigenvalue weighted by Crippen LogP contribution is -2.48. The van der Waals surface area contributed by atoms with Gasteiger partial charge in [-0.25, -0.2) is 0 Å². The zero-order chi connectivity index (χ0) is 17.1. The molecule has 124 valence electrons. The molecular formula is C19H19ClN2O2. The number of hydrogen-bond donors (Lipinski definition) is 1. The van der Waals surface area contributed by atoms with Crippen LogP contribution in [0.4, 0.5) is 5.69 Å². The maximum absolute atomic E-state index is 12.8. The van der Waals surface area contributed by atoms with Crippen LogP contribution in [0.15, 0.2) is 48.5 Å². The Bertz CT molecular complexity index is 775. The Hall–Kier alpha value is -2.33. The summed E-state index contributed by atoms with van der Waals surface area (Å²) in [6.07, 6.45) is 1.90. The van der Waals surface area contributed by atoms with Gasteiger partial charge in [-0.1, -0.05) is 35.9 Å². The van der Waals surface area contributed by atoms with E-state index in [1.54, 1.807) is 36.1 Å². The highest BCUT2D eigenvalue weighted by atomic mass is 35.5. The molecule has 1 heterocycles. The summed E-state index contributed by atoms with van der Waals surface area (Å²) < 4.78 is 0. The minimum Gasteiger partial charge on any atom is -0.341 e. The Morgan fingerprint density at radius 2 is 1.96 bits per heavy atom. The highest BCUT2D eigenvalue weighted by molar-refractivity contribution is 6.31. The van der Waals surface area contributed by atoms with E-state index >= 15 is 0 Å².